The van der Waals surface area contributed by atoms with Gasteiger partial charge in [0.05, 0.1) is 0 Å². The van der Waals surface area contributed by atoms with Crippen LogP contribution in [0.15, 0.2) is 36.2 Å². The summed E-state index contributed by atoms with van der Waals surface area (Å²) in [5.74, 6) is 0.266. The number of nitrogens with zero attached hydrogens (tertiary/aromatic N) is 4. The maximum atomic E-state index is 12.8. The van der Waals surface area contributed by atoms with E-state index in [1.54, 1.807) is 6.08 Å². The van der Waals surface area contributed by atoms with Crippen LogP contribution in [-0.2, 0) is 17.8 Å². The molecule has 6 heteroatoms. The van der Waals surface area contributed by atoms with Crippen LogP contribution in [-0.4, -0.2) is 46.0 Å². The second-order valence-corrected chi connectivity index (χ2v) is 9.20. The third-order valence-corrected chi connectivity index (χ3v) is 6.21. The highest BCUT2D eigenvalue weighted by atomic mass is 16.1. The number of likely N-dealkylation sites (tertiary alicyclic amines) is 1. The Kier molecular flexibility index (Phi) is 8.24. The Bertz CT molecular complexity index is 976. The molecule has 0 spiro atoms. The zero-order valence-electron chi connectivity index (χ0n) is 19.8. The summed E-state index contributed by atoms with van der Waals surface area (Å²) in [5, 5.41) is 12.7. The fraction of sp³-hybridized carbons (Fsp3) is 0.500. The van der Waals surface area contributed by atoms with Gasteiger partial charge in [-0.25, -0.2) is 0 Å². The SMILES string of the molecule is Cc1cc(/C=C(/C#N)C(=O)NC2CCN(CCc3ccncc3)CC2)c(C)n1CC(C)C. The van der Waals surface area contributed by atoms with E-state index in [0.29, 0.717) is 5.92 Å². The van der Waals surface area contributed by atoms with Gasteiger partial charge in [-0.15, -0.1) is 0 Å². The van der Waals surface area contributed by atoms with Crippen molar-refractivity contribution in [2.24, 2.45) is 5.92 Å². The van der Waals surface area contributed by atoms with Crippen LogP contribution in [0.3, 0.4) is 0 Å². The summed E-state index contributed by atoms with van der Waals surface area (Å²) in [6.07, 6.45) is 8.22. The molecule has 0 unspecified atom stereocenters. The van der Waals surface area contributed by atoms with Crippen molar-refractivity contribution in [3.63, 3.8) is 0 Å². The number of aromatic nitrogens is 2. The third-order valence-electron chi connectivity index (χ3n) is 6.21. The number of carbonyl (C=O) groups is 1. The lowest BCUT2D eigenvalue weighted by molar-refractivity contribution is -0.118. The number of nitriles is 1. The Labute approximate surface area is 191 Å². The van der Waals surface area contributed by atoms with Gasteiger partial charge >= 0.3 is 0 Å². The van der Waals surface area contributed by atoms with E-state index >= 15 is 0 Å². The molecule has 0 saturated carbocycles. The molecule has 6 nitrogen and oxygen atoms in total. The van der Waals surface area contributed by atoms with E-state index in [1.807, 2.05) is 12.4 Å². The summed E-state index contributed by atoms with van der Waals surface area (Å²) >= 11 is 0. The minimum Gasteiger partial charge on any atom is -0.349 e. The predicted molar refractivity (Wildman–Crippen MR) is 128 cm³/mol. The van der Waals surface area contributed by atoms with Crippen molar-refractivity contribution in [2.45, 2.75) is 59.5 Å². The standard InChI is InChI=1S/C26H35N5O/c1-19(2)18-31-20(3)15-23(21(31)4)16-24(17-27)26(32)29-25-8-13-30(14-9-25)12-7-22-5-10-28-11-6-22/h5-6,10-11,15-16,19,25H,7-9,12-14,18H2,1-4H3,(H,29,32)/b24-16-. The van der Waals surface area contributed by atoms with Gasteiger partial charge in [0, 0.05) is 56.0 Å². The van der Waals surface area contributed by atoms with E-state index < -0.39 is 0 Å². The molecule has 170 valence electrons. The Hall–Kier alpha value is -2.91. The molecule has 1 amide bonds. The van der Waals surface area contributed by atoms with Crippen LogP contribution < -0.4 is 5.32 Å². The predicted octanol–water partition coefficient (Wildman–Crippen LogP) is 3.89. The van der Waals surface area contributed by atoms with Crippen LogP contribution in [0.2, 0.25) is 0 Å². The molecule has 3 heterocycles. The number of piperidine rings is 1. The molecule has 0 radical (unpaired) electrons. The lowest BCUT2D eigenvalue weighted by Crippen LogP contribution is -2.45. The summed E-state index contributed by atoms with van der Waals surface area (Å²) in [5.41, 5.74) is 4.67. The van der Waals surface area contributed by atoms with E-state index in [0.717, 1.165) is 62.4 Å². The number of amides is 1. The van der Waals surface area contributed by atoms with Crippen LogP contribution in [0, 0.1) is 31.1 Å². The lowest BCUT2D eigenvalue weighted by Gasteiger charge is -2.32. The van der Waals surface area contributed by atoms with E-state index in [1.165, 1.54) is 5.56 Å². The Morgan fingerprint density at radius 1 is 1.28 bits per heavy atom. The minimum absolute atomic E-state index is 0.116. The first-order valence-electron chi connectivity index (χ1n) is 11.6. The van der Waals surface area contributed by atoms with Crippen LogP contribution in [0.1, 0.15) is 49.2 Å². The lowest BCUT2D eigenvalue weighted by atomic mass is 10.0. The first-order valence-corrected chi connectivity index (χ1v) is 11.6. The number of hydrogen-bond acceptors (Lipinski definition) is 4. The van der Waals surface area contributed by atoms with Crippen molar-refractivity contribution in [1.82, 2.24) is 19.8 Å². The highest BCUT2D eigenvalue weighted by Gasteiger charge is 2.22. The molecule has 0 aromatic carbocycles. The molecule has 0 aliphatic carbocycles. The fourth-order valence-corrected chi connectivity index (χ4v) is 4.32. The minimum atomic E-state index is -0.267. The average Bonchev–Trinajstić information content (AvgIpc) is 3.04. The molecule has 1 fully saturated rings. The monoisotopic (exact) mass is 433 g/mol. The van der Waals surface area contributed by atoms with Gasteiger partial charge in [0.25, 0.3) is 5.91 Å². The molecule has 1 saturated heterocycles. The fourth-order valence-electron chi connectivity index (χ4n) is 4.32. The number of nitrogens with one attached hydrogen (secondary N) is 1. The normalized spacial score (nSPS) is 15.7. The van der Waals surface area contributed by atoms with E-state index in [2.05, 4.69) is 71.7 Å². The van der Waals surface area contributed by atoms with E-state index in [4.69, 9.17) is 0 Å². The van der Waals surface area contributed by atoms with Crippen molar-refractivity contribution in [3.05, 3.63) is 58.7 Å². The number of rotatable bonds is 8. The third kappa shape index (κ3) is 6.30. The zero-order chi connectivity index (χ0) is 23.1. The second kappa shape index (κ2) is 11.1. The summed E-state index contributed by atoms with van der Waals surface area (Å²) in [7, 11) is 0. The van der Waals surface area contributed by atoms with Crippen molar-refractivity contribution in [2.75, 3.05) is 19.6 Å². The Morgan fingerprint density at radius 2 is 1.97 bits per heavy atom. The van der Waals surface area contributed by atoms with Crippen LogP contribution >= 0.6 is 0 Å². The highest BCUT2D eigenvalue weighted by molar-refractivity contribution is 6.02. The maximum Gasteiger partial charge on any atom is 0.262 e. The highest BCUT2D eigenvalue weighted by Crippen LogP contribution is 2.20. The molecule has 1 aliphatic heterocycles. The quantitative estimate of drug-likeness (QED) is 0.506. The van der Waals surface area contributed by atoms with Gasteiger partial charge in [0.2, 0.25) is 0 Å². The van der Waals surface area contributed by atoms with Crippen molar-refractivity contribution in [1.29, 1.82) is 5.26 Å². The van der Waals surface area contributed by atoms with Gasteiger partial charge in [-0.1, -0.05) is 13.8 Å². The van der Waals surface area contributed by atoms with Gasteiger partial charge in [0.15, 0.2) is 0 Å². The smallest absolute Gasteiger partial charge is 0.262 e. The number of carbonyl (C=O) groups excluding carboxylic acids is 1. The summed E-state index contributed by atoms with van der Waals surface area (Å²) in [4.78, 5) is 19.3. The van der Waals surface area contributed by atoms with Gasteiger partial charge in [-0.05, 0) is 74.4 Å². The van der Waals surface area contributed by atoms with Crippen LogP contribution in [0.25, 0.3) is 6.08 Å². The first-order chi connectivity index (χ1) is 15.4. The summed E-state index contributed by atoms with van der Waals surface area (Å²) < 4.78 is 2.26. The topological polar surface area (TPSA) is 74.0 Å². The second-order valence-electron chi connectivity index (χ2n) is 9.20. The molecule has 32 heavy (non-hydrogen) atoms. The number of aryl methyl sites for hydroxylation is 1. The van der Waals surface area contributed by atoms with Crippen LogP contribution in [0.4, 0.5) is 0 Å². The zero-order valence-corrected chi connectivity index (χ0v) is 19.8. The maximum absolute atomic E-state index is 12.8. The Balaban J connectivity index is 1.54. The van der Waals surface area contributed by atoms with Crippen molar-refractivity contribution >= 4 is 12.0 Å². The molecular weight excluding hydrogens is 398 g/mol. The van der Waals surface area contributed by atoms with Crippen molar-refractivity contribution < 1.29 is 4.79 Å². The molecule has 3 rings (SSSR count). The molecule has 0 bridgehead atoms. The van der Waals surface area contributed by atoms with E-state index in [-0.39, 0.29) is 17.5 Å². The number of hydrogen-bond donors (Lipinski definition) is 1. The van der Waals surface area contributed by atoms with Gasteiger partial charge < -0.3 is 14.8 Å². The van der Waals surface area contributed by atoms with Gasteiger partial charge in [-0.3, -0.25) is 9.78 Å². The Morgan fingerprint density at radius 3 is 2.59 bits per heavy atom. The summed E-state index contributed by atoms with van der Waals surface area (Å²) in [6.45, 7) is 12.4. The molecule has 2 aromatic heterocycles. The molecule has 1 N–H and O–H groups in total. The first kappa shape index (κ1) is 23.7. The molecule has 1 aliphatic rings. The molecule has 0 atom stereocenters. The summed E-state index contributed by atoms with van der Waals surface area (Å²) in [6, 6.07) is 8.40. The largest absolute Gasteiger partial charge is 0.349 e. The van der Waals surface area contributed by atoms with Gasteiger partial charge in [-0.2, -0.15) is 5.26 Å². The molecular formula is C26H35N5O. The molecule has 2 aromatic rings. The average molecular weight is 434 g/mol. The van der Waals surface area contributed by atoms with Crippen LogP contribution in [0.5, 0.6) is 0 Å². The number of pyridine rings is 1. The van der Waals surface area contributed by atoms with E-state index in [9.17, 15) is 10.1 Å². The van der Waals surface area contributed by atoms with Crippen molar-refractivity contribution in [3.8, 4) is 6.07 Å². The van der Waals surface area contributed by atoms with Gasteiger partial charge in [0.1, 0.15) is 11.6 Å².